The van der Waals surface area contributed by atoms with Gasteiger partial charge in [0.1, 0.15) is 0 Å². The average molecular weight is 317 g/mol. The van der Waals surface area contributed by atoms with Gasteiger partial charge in [-0.15, -0.1) is 11.3 Å². The van der Waals surface area contributed by atoms with E-state index in [-0.39, 0.29) is 11.2 Å². The van der Waals surface area contributed by atoms with Crippen molar-refractivity contribution in [1.29, 1.82) is 0 Å². The van der Waals surface area contributed by atoms with E-state index < -0.39 is 20.7 Å². The molecule has 0 aromatic carbocycles. The summed E-state index contributed by atoms with van der Waals surface area (Å²) in [5.41, 5.74) is 0.756. The Hall–Kier alpha value is -0.990. The van der Waals surface area contributed by atoms with Crippen LogP contribution in [0.1, 0.15) is 45.9 Å². The molecule has 1 aliphatic rings. The van der Waals surface area contributed by atoms with E-state index >= 15 is 0 Å². The largest absolute Gasteiger partial charge is 0.309 e. The van der Waals surface area contributed by atoms with Gasteiger partial charge in [0.15, 0.2) is 4.75 Å². The van der Waals surface area contributed by atoms with Crippen molar-refractivity contribution in [3.05, 3.63) is 11.1 Å². The van der Waals surface area contributed by atoms with Crippen molar-refractivity contribution >= 4 is 32.4 Å². The van der Waals surface area contributed by atoms with Crippen molar-refractivity contribution in [2.24, 2.45) is 0 Å². The summed E-state index contributed by atoms with van der Waals surface area (Å²) in [7, 11) is -3.62. The minimum atomic E-state index is -3.62. The third-order valence-electron chi connectivity index (χ3n) is 3.41. The number of anilines is 1. The Morgan fingerprint density at radius 2 is 2.15 bits per heavy atom. The summed E-state index contributed by atoms with van der Waals surface area (Å²) in [6.45, 7) is 7.73. The average Bonchev–Trinajstić information content (AvgIpc) is 2.84. The van der Waals surface area contributed by atoms with Crippen LogP contribution in [0.3, 0.4) is 0 Å². The number of amides is 1. The van der Waals surface area contributed by atoms with Crippen LogP contribution in [0.15, 0.2) is 5.38 Å². The topological polar surface area (TPSA) is 79.4 Å². The number of rotatable bonds is 5. The number of carbonyl (C=O) groups is 1. The first-order chi connectivity index (χ1) is 9.23. The molecule has 1 aliphatic heterocycles. The predicted molar refractivity (Wildman–Crippen MR) is 79.3 cm³/mol. The Morgan fingerprint density at radius 1 is 1.50 bits per heavy atom. The fourth-order valence-corrected chi connectivity index (χ4v) is 4.45. The van der Waals surface area contributed by atoms with Crippen LogP contribution in [0.4, 0.5) is 5.13 Å². The summed E-state index contributed by atoms with van der Waals surface area (Å²) in [5.74, 6) is -0.424. The van der Waals surface area contributed by atoms with E-state index in [1.807, 2.05) is 6.92 Å². The van der Waals surface area contributed by atoms with Gasteiger partial charge in [0, 0.05) is 11.4 Å². The van der Waals surface area contributed by atoms with E-state index in [1.54, 1.807) is 5.38 Å². The minimum Gasteiger partial charge on any atom is -0.309 e. The van der Waals surface area contributed by atoms with Crippen molar-refractivity contribution < 1.29 is 13.2 Å². The molecule has 8 heteroatoms. The Bertz CT molecular complexity index is 622. The van der Waals surface area contributed by atoms with Crippen molar-refractivity contribution in [2.45, 2.75) is 44.9 Å². The maximum atomic E-state index is 12.1. The molecule has 2 heterocycles. The van der Waals surface area contributed by atoms with Gasteiger partial charge in [-0.1, -0.05) is 6.92 Å². The molecule has 112 valence electrons. The zero-order chi connectivity index (χ0) is 15.1. The fourth-order valence-electron chi connectivity index (χ4n) is 1.88. The molecular weight excluding hydrogens is 298 g/mol. The predicted octanol–water partition coefficient (Wildman–Crippen LogP) is 1.66. The lowest BCUT2D eigenvalue weighted by Crippen LogP contribution is -2.67. The molecule has 20 heavy (non-hydrogen) atoms. The zero-order valence-electron chi connectivity index (χ0n) is 12.0. The number of thiazole rings is 1. The number of nitrogens with one attached hydrogen (secondary N) is 1. The molecule has 6 nitrogen and oxygen atoms in total. The molecule has 0 saturated carbocycles. The van der Waals surface area contributed by atoms with Gasteiger partial charge < -0.3 is 5.32 Å². The number of carbonyl (C=O) groups excluding carboxylic acids is 1. The van der Waals surface area contributed by atoms with Crippen LogP contribution in [-0.2, 0) is 14.8 Å². The van der Waals surface area contributed by atoms with Crippen molar-refractivity contribution in [3.8, 4) is 0 Å². The summed E-state index contributed by atoms with van der Waals surface area (Å²) < 4.78 is 23.6. The summed E-state index contributed by atoms with van der Waals surface area (Å²) >= 11 is 1.18. The highest BCUT2D eigenvalue weighted by atomic mass is 32.2. The highest BCUT2D eigenvalue weighted by Crippen LogP contribution is 2.40. The fraction of sp³-hybridized carbons (Fsp3) is 0.667. The molecule has 1 unspecified atom stereocenters. The smallest absolute Gasteiger partial charge is 0.265 e. The van der Waals surface area contributed by atoms with E-state index in [2.05, 4.69) is 17.2 Å². The summed E-state index contributed by atoms with van der Waals surface area (Å²) in [6, 6.07) is 0.0343. The maximum absolute atomic E-state index is 12.1. The molecule has 0 spiro atoms. The van der Waals surface area contributed by atoms with Crippen LogP contribution < -0.4 is 9.62 Å². The van der Waals surface area contributed by atoms with E-state index in [4.69, 9.17) is 0 Å². The maximum Gasteiger partial charge on any atom is 0.265 e. The van der Waals surface area contributed by atoms with Gasteiger partial charge in [0.2, 0.25) is 5.13 Å². The third-order valence-corrected chi connectivity index (χ3v) is 6.66. The van der Waals surface area contributed by atoms with Crippen LogP contribution >= 0.6 is 11.3 Å². The normalized spacial score (nSPS) is 21.6. The van der Waals surface area contributed by atoms with E-state index in [0.717, 1.165) is 23.0 Å². The van der Waals surface area contributed by atoms with E-state index in [9.17, 15) is 13.2 Å². The molecule has 0 aliphatic carbocycles. The van der Waals surface area contributed by atoms with Crippen LogP contribution in [0.2, 0.25) is 0 Å². The lowest BCUT2D eigenvalue weighted by atomic mass is 10.2. The van der Waals surface area contributed by atoms with E-state index in [1.165, 1.54) is 25.2 Å². The molecule has 1 atom stereocenters. The molecule has 1 aromatic heterocycles. The lowest BCUT2D eigenvalue weighted by Gasteiger charge is -2.41. The molecule has 1 amide bonds. The van der Waals surface area contributed by atoms with Crippen molar-refractivity contribution in [2.75, 3.05) is 10.8 Å². The van der Waals surface area contributed by atoms with Crippen molar-refractivity contribution in [1.82, 2.24) is 10.3 Å². The highest BCUT2D eigenvalue weighted by molar-refractivity contribution is 7.98. The van der Waals surface area contributed by atoms with Crippen LogP contribution in [0.5, 0.6) is 0 Å². The van der Waals surface area contributed by atoms with Gasteiger partial charge in [0.05, 0.1) is 5.69 Å². The SMILES string of the molecule is CCCNC(C)c1csc(N2C(=O)C(C)(C)S2(=O)=O)n1. The third kappa shape index (κ3) is 2.15. The number of hydrogen-bond acceptors (Lipinski definition) is 6. The highest BCUT2D eigenvalue weighted by Gasteiger charge is 2.61. The first-order valence-electron chi connectivity index (χ1n) is 6.51. The second-order valence-corrected chi connectivity index (χ2v) is 8.49. The molecule has 1 saturated heterocycles. The van der Waals surface area contributed by atoms with Gasteiger partial charge in [0.25, 0.3) is 15.9 Å². The Kier molecular flexibility index (Phi) is 3.92. The van der Waals surface area contributed by atoms with Gasteiger partial charge >= 0.3 is 0 Å². The lowest BCUT2D eigenvalue weighted by molar-refractivity contribution is -0.120. The molecule has 0 bridgehead atoms. The zero-order valence-corrected chi connectivity index (χ0v) is 13.6. The first-order valence-corrected chi connectivity index (χ1v) is 8.83. The summed E-state index contributed by atoms with van der Waals surface area (Å²) in [4.78, 5) is 16.2. The van der Waals surface area contributed by atoms with Gasteiger partial charge in [-0.25, -0.2) is 13.4 Å². The van der Waals surface area contributed by atoms with Crippen LogP contribution in [0, 0.1) is 0 Å². The molecule has 0 radical (unpaired) electrons. The summed E-state index contributed by atoms with van der Waals surface area (Å²) in [5, 5.41) is 5.30. The standard InChI is InChI=1S/C12H19N3O3S2/c1-5-6-13-8(2)9-7-19-11(14-9)15-10(16)12(3,4)20(15,17)18/h7-8,13H,5-6H2,1-4H3. The summed E-state index contributed by atoms with van der Waals surface area (Å²) in [6.07, 6.45) is 1.01. The van der Waals surface area contributed by atoms with Crippen LogP contribution in [0.25, 0.3) is 0 Å². The number of hydrogen-bond donors (Lipinski definition) is 1. The number of aromatic nitrogens is 1. The molecular formula is C12H19N3O3S2. The number of nitrogens with zero attached hydrogens (tertiary/aromatic N) is 2. The minimum absolute atomic E-state index is 0.0343. The van der Waals surface area contributed by atoms with Gasteiger partial charge in [-0.2, -0.15) is 4.31 Å². The molecule has 2 rings (SSSR count). The Morgan fingerprint density at radius 3 is 2.70 bits per heavy atom. The molecule has 1 N–H and O–H groups in total. The first kappa shape index (κ1) is 15.4. The Balaban J connectivity index is 2.21. The second kappa shape index (κ2) is 5.09. The van der Waals surface area contributed by atoms with Crippen LogP contribution in [-0.4, -0.2) is 30.6 Å². The van der Waals surface area contributed by atoms with Gasteiger partial charge in [-0.3, -0.25) is 4.79 Å². The van der Waals surface area contributed by atoms with Gasteiger partial charge in [-0.05, 0) is 33.7 Å². The van der Waals surface area contributed by atoms with E-state index in [0.29, 0.717) is 0 Å². The monoisotopic (exact) mass is 317 g/mol. The Labute approximate surface area is 123 Å². The second-order valence-electron chi connectivity index (χ2n) is 5.32. The van der Waals surface area contributed by atoms with Crippen molar-refractivity contribution in [3.63, 3.8) is 0 Å². The molecule has 1 fully saturated rings. The quantitative estimate of drug-likeness (QED) is 0.893. The molecule has 1 aromatic rings. The number of sulfonamides is 1.